The number of rotatable bonds is 7. The summed E-state index contributed by atoms with van der Waals surface area (Å²) in [6.45, 7) is 2.89. The van der Waals surface area contributed by atoms with Gasteiger partial charge in [0.1, 0.15) is 11.3 Å². The van der Waals surface area contributed by atoms with Crippen LogP contribution < -0.4 is 10.1 Å². The van der Waals surface area contributed by atoms with E-state index in [4.69, 9.17) is 20.8 Å². The molecule has 1 amide bonds. The molecule has 174 valence electrons. The Hall–Kier alpha value is -3.28. The average molecular weight is 475 g/mol. The second-order valence-electron chi connectivity index (χ2n) is 8.86. The average Bonchev–Trinajstić information content (AvgIpc) is 3.49. The van der Waals surface area contributed by atoms with Crippen molar-refractivity contribution in [1.29, 1.82) is 0 Å². The summed E-state index contributed by atoms with van der Waals surface area (Å²) in [5.74, 6) is 1.28. The summed E-state index contributed by atoms with van der Waals surface area (Å²) in [5.41, 5.74) is 3.09. The summed E-state index contributed by atoms with van der Waals surface area (Å²) in [6, 6.07) is 25.4. The highest BCUT2D eigenvalue weighted by Crippen LogP contribution is 2.26. The molecule has 5 rings (SSSR count). The molecule has 34 heavy (non-hydrogen) atoms. The number of ether oxygens (including phenoxy) is 1. The molecule has 2 heterocycles. The molecule has 1 aliphatic heterocycles. The first-order valence-electron chi connectivity index (χ1n) is 11.6. The number of fused-ring (bicyclic) bond motifs is 1. The zero-order valence-corrected chi connectivity index (χ0v) is 19.6. The van der Waals surface area contributed by atoms with Gasteiger partial charge in [0.05, 0.1) is 6.26 Å². The number of nitrogens with one attached hydrogen (secondary N) is 1. The summed E-state index contributed by atoms with van der Waals surface area (Å²) < 4.78 is 11.2. The SMILES string of the molecule is O=C(Oc1ccc2occc2c1)N(Cc1ccc(Cl)cc1)C[C@H]1CNC[C@@H]1Cc1ccccc1. The number of carbonyl (C=O) groups excluding carboxylic acids is 1. The van der Waals surface area contributed by atoms with Crippen molar-refractivity contribution in [3.8, 4) is 5.75 Å². The number of carbonyl (C=O) groups is 1. The van der Waals surface area contributed by atoms with E-state index in [-0.39, 0.29) is 6.09 Å². The maximum absolute atomic E-state index is 13.3. The fraction of sp³-hybridized carbons (Fsp3) is 0.250. The lowest BCUT2D eigenvalue weighted by Gasteiger charge is -2.28. The Morgan fingerprint density at radius 2 is 1.76 bits per heavy atom. The molecule has 0 bridgehead atoms. The number of nitrogens with zero attached hydrogens (tertiary/aromatic N) is 1. The van der Waals surface area contributed by atoms with Crippen molar-refractivity contribution in [2.24, 2.45) is 11.8 Å². The number of amides is 1. The molecule has 0 aliphatic carbocycles. The van der Waals surface area contributed by atoms with Gasteiger partial charge in [-0.15, -0.1) is 0 Å². The number of hydrogen-bond donors (Lipinski definition) is 1. The lowest BCUT2D eigenvalue weighted by molar-refractivity contribution is 0.137. The number of hydrogen-bond acceptors (Lipinski definition) is 4. The van der Waals surface area contributed by atoms with Crippen LogP contribution in [0.4, 0.5) is 4.79 Å². The largest absolute Gasteiger partial charge is 0.464 e. The van der Waals surface area contributed by atoms with Gasteiger partial charge >= 0.3 is 6.09 Å². The van der Waals surface area contributed by atoms with Gasteiger partial charge in [0, 0.05) is 23.5 Å². The van der Waals surface area contributed by atoms with E-state index in [0.717, 1.165) is 36.0 Å². The van der Waals surface area contributed by atoms with Gasteiger partial charge in [0.25, 0.3) is 0 Å². The molecule has 0 spiro atoms. The van der Waals surface area contributed by atoms with E-state index >= 15 is 0 Å². The number of halogens is 1. The van der Waals surface area contributed by atoms with E-state index < -0.39 is 0 Å². The summed E-state index contributed by atoms with van der Waals surface area (Å²) in [4.78, 5) is 15.1. The molecule has 0 saturated carbocycles. The molecule has 1 saturated heterocycles. The maximum Gasteiger partial charge on any atom is 0.415 e. The van der Waals surface area contributed by atoms with Crippen LogP contribution in [-0.2, 0) is 13.0 Å². The molecule has 5 nitrogen and oxygen atoms in total. The third kappa shape index (κ3) is 5.44. The van der Waals surface area contributed by atoms with E-state index in [1.165, 1.54) is 5.56 Å². The van der Waals surface area contributed by atoms with Crippen LogP contribution in [0, 0.1) is 11.8 Å². The molecule has 1 aliphatic rings. The van der Waals surface area contributed by atoms with Gasteiger partial charge in [-0.25, -0.2) is 4.79 Å². The first kappa shape index (κ1) is 22.5. The minimum Gasteiger partial charge on any atom is -0.464 e. The van der Waals surface area contributed by atoms with Crippen molar-refractivity contribution in [1.82, 2.24) is 10.2 Å². The Morgan fingerprint density at radius 3 is 2.59 bits per heavy atom. The van der Waals surface area contributed by atoms with Crippen LogP contribution in [0.15, 0.2) is 89.5 Å². The molecule has 6 heteroatoms. The van der Waals surface area contributed by atoms with E-state index in [0.29, 0.717) is 35.7 Å². The first-order valence-corrected chi connectivity index (χ1v) is 11.9. The quantitative estimate of drug-likeness (QED) is 0.348. The normalized spacial score (nSPS) is 17.7. The van der Waals surface area contributed by atoms with Crippen molar-refractivity contribution >= 4 is 28.7 Å². The van der Waals surface area contributed by atoms with Gasteiger partial charge in [0.15, 0.2) is 0 Å². The second-order valence-corrected chi connectivity index (χ2v) is 9.30. The van der Waals surface area contributed by atoms with Gasteiger partial charge in [-0.2, -0.15) is 0 Å². The highest BCUT2D eigenvalue weighted by molar-refractivity contribution is 6.30. The van der Waals surface area contributed by atoms with Crippen molar-refractivity contribution < 1.29 is 13.9 Å². The van der Waals surface area contributed by atoms with Crippen LogP contribution in [0.2, 0.25) is 5.02 Å². The van der Waals surface area contributed by atoms with Crippen LogP contribution in [0.3, 0.4) is 0 Å². The van der Waals surface area contributed by atoms with Crippen molar-refractivity contribution in [2.45, 2.75) is 13.0 Å². The smallest absolute Gasteiger partial charge is 0.415 e. The van der Waals surface area contributed by atoms with Gasteiger partial charge in [-0.05, 0) is 78.9 Å². The predicted molar refractivity (Wildman–Crippen MR) is 134 cm³/mol. The molecule has 4 aromatic rings. The summed E-state index contributed by atoms with van der Waals surface area (Å²) in [5, 5.41) is 5.09. The Kier molecular flexibility index (Phi) is 6.84. The fourth-order valence-electron chi connectivity index (χ4n) is 4.63. The van der Waals surface area contributed by atoms with Gasteiger partial charge in [-0.3, -0.25) is 0 Å². The van der Waals surface area contributed by atoms with Crippen LogP contribution in [0.5, 0.6) is 5.75 Å². The van der Waals surface area contributed by atoms with E-state index in [9.17, 15) is 4.79 Å². The lowest BCUT2D eigenvalue weighted by Crippen LogP contribution is -2.39. The summed E-state index contributed by atoms with van der Waals surface area (Å²) in [6.07, 6.45) is 2.26. The summed E-state index contributed by atoms with van der Waals surface area (Å²) >= 11 is 6.07. The second kappa shape index (κ2) is 10.3. The number of furan rings is 1. The van der Waals surface area contributed by atoms with Crippen LogP contribution in [-0.4, -0.2) is 30.6 Å². The third-order valence-electron chi connectivity index (χ3n) is 6.45. The maximum atomic E-state index is 13.3. The van der Waals surface area contributed by atoms with Crippen molar-refractivity contribution in [2.75, 3.05) is 19.6 Å². The van der Waals surface area contributed by atoms with E-state index in [1.54, 1.807) is 17.2 Å². The van der Waals surface area contributed by atoms with Crippen LogP contribution >= 0.6 is 11.6 Å². The minimum atomic E-state index is -0.358. The molecule has 0 unspecified atom stereocenters. The Bertz CT molecular complexity index is 1240. The van der Waals surface area contributed by atoms with Crippen LogP contribution in [0.25, 0.3) is 11.0 Å². The Morgan fingerprint density at radius 1 is 0.971 bits per heavy atom. The van der Waals surface area contributed by atoms with Gasteiger partial charge in [0.2, 0.25) is 0 Å². The first-order chi connectivity index (χ1) is 16.6. The Balaban J connectivity index is 1.33. The van der Waals surface area contributed by atoms with Crippen molar-refractivity contribution in [3.05, 3.63) is 101 Å². The molecular weight excluding hydrogens is 448 g/mol. The fourth-order valence-corrected chi connectivity index (χ4v) is 4.75. The molecule has 1 aromatic heterocycles. The standard InChI is InChI=1S/C28H27ClN2O3/c29-25-8-6-21(7-9-25)18-31(28(32)34-26-10-11-27-22(15-26)12-13-33-27)19-24-17-30-16-23(24)14-20-4-2-1-3-5-20/h1-13,15,23-24,30H,14,16-19H2/t23-,24+/m0/s1. The van der Waals surface area contributed by atoms with Gasteiger partial charge in [-0.1, -0.05) is 54.1 Å². The lowest BCUT2D eigenvalue weighted by atomic mass is 9.89. The monoisotopic (exact) mass is 474 g/mol. The third-order valence-corrected chi connectivity index (χ3v) is 6.70. The van der Waals surface area contributed by atoms with Crippen LogP contribution in [0.1, 0.15) is 11.1 Å². The highest BCUT2D eigenvalue weighted by Gasteiger charge is 2.31. The highest BCUT2D eigenvalue weighted by atomic mass is 35.5. The Labute approximate surface area is 204 Å². The molecule has 0 radical (unpaired) electrons. The molecule has 1 N–H and O–H groups in total. The zero-order chi connectivity index (χ0) is 23.3. The number of benzene rings is 3. The minimum absolute atomic E-state index is 0.330. The van der Waals surface area contributed by atoms with Crippen molar-refractivity contribution in [3.63, 3.8) is 0 Å². The molecule has 2 atom stereocenters. The topological polar surface area (TPSA) is 54.7 Å². The van der Waals surface area contributed by atoms with Gasteiger partial charge < -0.3 is 19.4 Å². The summed E-state index contributed by atoms with van der Waals surface area (Å²) in [7, 11) is 0. The molecule has 3 aromatic carbocycles. The molecular formula is C28H27ClN2O3. The molecule has 1 fully saturated rings. The zero-order valence-electron chi connectivity index (χ0n) is 18.8. The van der Waals surface area contributed by atoms with E-state index in [2.05, 4.69) is 29.6 Å². The predicted octanol–water partition coefficient (Wildman–Crippen LogP) is 6.17. The van der Waals surface area contributed by atoms with E-state index in [1.807, 2.05) is 48.5 Å².